The molecule has 0 aliphatic carbocycles. The number of amidine groups is 2. The van der Waals surface area contributed by atoms with Crippen molar-refractivity contribution in [3.63, 3.8) is 0 Å². The van der Waals surface area contributed by atoms with Crippen LogP contribution in [0.15, 0.2) is 48.8 Å². The first kappa shape index (κ1) is 15.1. The van der Waals surface area contributed by atoms with Crippen LogP contribution < -0.4 is 11.5 Å². The molecule has 0 saturated carbocycles. The van der Waals surface area contributed by atoms with Gasteiger partial charge >= 0.3 is 139 Å². The first-order chi connectivity index (χ1) is 11.1. The molecule has 6 nitrogen and oxygen atoms in total. The molecule has 3 heterocycles. The topological polar surface area (TPSA) is 126 Å². The van der Waals surface area contributed by atoms with Crippen molar-refractivity contribution in [3.8, 4) is 20.3 Å². The molecule has 0 aliphatic heterocycles. The number of nitrogens with zero attached hydrogens (tertiary/aromatic N) is 2. The molecule has 23 heavy (non-hydrogen) atoms. The Balaban J connectivity index is 2.09. The van der Waals surface area contributed by atoms with E-state index in [0.717, 1.165) is 20.3 Å². The van der Waals surface area contributed by atoms with Crippen LogP contribution in [-0.2, 0) is 0 Å². The Kier molecular flexibility index (Phi) is 4.06. The molecule has 0 atom stereocenters. The van der Waals surface area contributed by atoms with Crippen molar-refractivity contribution < 1.29 is 0 Å². The van der Waals surface area contributed by atoms with Gasteiger partial charge in [0, 0.05) is 0 Å². The molecule has 114 valence electrons. The molecule has 0 radical (unpaired) electrons. The molecule has 0 aliphatic rings. The summed E-state index contributed by atoms with van der Waals surface area (Å²) in [5, 5.41) is 15.4. The molecular weight excluding hydrogens is 355 g/mol. The zero-order valence-electron chi connectivity index (χ0n) is 12.1. The Hall–Kier alpha value is -2.76. The van der Waals surface area contributed by atoms with Gasteiger partial charge in [0.05, 0.1) is 0 Å². The molecular formula is C16H14N6Se. The summed E-state index contributed by atoms with van der Waals surface area (Å²) in [6.45, 7) is 0. The van der Waals surface area contributed by atoms with Crippen LogP contribution in [0.2, 0.25) is 0 Å². The predicted molar refractivity (Wildman–Crippen MR) is 91.9 cm³/mol. The molecule has 0 amide bonds. The van der Waals surface area contributed by atoms with Crippen molar-refractivity contribution in [2.45, 2.75) is 0 Å². The van der Waals surface area contributed by atoms with Crippen LogP contribution in [0.1, 0.15) is 11.1 Å². The molecule has 0 bridgehead atoms. The van der Waals surface area contributed by atoms with Crippen molar-refractivity contribution in [3.05, 3.63) is 59.9 Å². The van der Waals surface area contributed by atoms with Crippen molar-refractivity contribution >= 4 is 26.2 Å². The summed E-state index contributed by atoms with van der Waals surface area (Å²) in [5.74, 6) is 0.000947. The first-order valence-corrected chi connectivity index (χ1v) is 8.48. The normalized spacial score (nSPS) is 10.4. The van der Waals surface area contributed by atoms with E-state index >= 15 is 0 Å². The van der Waals surface area contributed by atoms with E-state index in [1.807, 2.05) is 12.1 Å². The van der Waals surface area contributed by atoms with E-state index in [1.165, 1.54) is 0 Å². The zero-order valence-corrected chi connectivity index (χ0v) is 13.8. The monoisotopic (exact) mass is 370 g/mol. The molecule has 6 N–H and O–H groups in total. The summed E-state index contributed by atoms with van der Waals surface area (Å²) in [6.07, 6.45) is 3.39. The van der Waals surface area contributed by atoms with Crippen LogP contribution in [0.3, 0.4) is 0 Å². The van der Waals surface area contributed by atoms with Crippen LogP contribution in [-0.4, -0.2) is 36.1 Å². The van der Waals surface area contributed by atoms with Crippen molar-refractivity contribution in [1.82, 2.24) is 9.97 Å². The number of hydrogen-bond donors (Lipinski definition) is 4. The van der Waals surface area contributed by atoms with Crippen LogP contribution in [0.4, 0.5) is 0 Å². The summed E-state index contributed by atoms with van der Waals surface area (Å²) in [5.41, 5.74) is 14.0. The number of nitrogens with two attached hydrogens (primary N) is 2. The van der Waals surface area contributed by atoms with E-state index in [1.54, 1.807) is 36.7 Å². The Morgan fingerprint density at radius 1 is 0.783 bits per heavy atom. The summed E-state index contributed by atoms with van der Waals surface area (Å²) < 4.78 is 2.05. The van der Waals surface area contributed by atoms with Gasteiger partial charge in [0.15, 0.2) is 0 Å². The quantitative estimate of drug-likeness (QED) is 0.315. The number of nitrogens with one attached hydrogen (secondary N) is 2. The average Bonchev–Trinajstić information content (AvgIpc) is 3.04. The third kappa shape index (κ3) is 2.92. The van der Waals surface area contributed by atoms with E-state index in [2.05, 4.69) is 9.97 Å². The number of nitrogen functional groups attached to an aromatic ring is 2. The fraction of sp³-hybridized carbons (Fsp3) is 0. The predicted octanol–water partition coefficient (Wildman–Crippen LogP) is 1.44. The fourth-order valence-electron chi connectivity index (χ4n) is 2.23. The van der Waals surface area contributed by atoms with E-state index in [0.29, 0.717) is 11.1 Å². The average molecular weight is 369 g/mol. The third-order valence-electron chi connectivity index (χ3n) is 3.27. The Labute approximate surface area is 139 Å². The molecule has 3 aromatic rings. The van der Waals surface area contributed by atoms with Gasteiger partial charge in [0.1, 0.15) is 0 Å². The van der Waals surface area contributed by atoms with Gasteiger partial charge in [-0.05, 0) is 0 Å². The molecule has 3 rings (SSSR count). The second kappa shape index (κ2) is 6.16. The van der Waals surface area contributed by atoms with Crippen LogP contribution >= 0.6 is 0 Å². The van der Waals surface area contributed by atoms with E-state index in [-0.39, 0.29) is 26.2 Å². The number of pyridine rings is 2. The van der Waals surface area contributed by atoms with Gasteiger partial charge in [-0.3, -0.25) is 0 Å². The summed E-state index contributed by atoms with van der Waals surface area (Å²) in [4.78, 5) is 8.75. The van der Waals surface area contributed by atoms with E-state index in [9.17, 15) is 0 Å². The maximum atomic E-state index is 7.69. The second-order valence-electron chi connectivity index (χ2n) is 4.79. The van der Waals surface area contributed by atoms with Gasteiger partial charge in [-0.15, -0.1) is 0 Å². The molecule has 0 saturated heterocycles. The number of rotatable bonds is 4. The number of aromatic nitrogens is 2. The van der Waals surface area contributed by atoms with Gasteiger partial charge in [-0.1, -0.05) is 0 Å². The van der Waals surface area contributed by atoms with Crippen molar-refractivity contribution in [2.24, 2.45) is 11.5 Å². The van der Waals surface area contributed by atoms with Gasteiger partial charge in [-0.2, -0.15) is 0 Å². The molecule has 7 heteroatoms. The van der Waals surface area contributed by atoms with Gasteiger partial charge < -0.3 is 0 Å². The zero-order chi connectivity index (χ0) is 16.4. The molecule has 0 aromatic carbocycles. The van der Waals surface area contributed by atoms with E-state index < -0.39 is 0 Å². The van der Waals surface area contributed by atoms with Crippen molar-refractivity contribution in [2.75, 3.05) is 0 Å². The summed E-state index contributed by atoms with van der Waals surface area (Å²) in [7, 11) is 0. The summed E-state index contributed by atoms with van der Waals surface area (Å²) >= 11 is -0.0445. The van der Waals surface area contributed by atoms with Crippen molar-refractivity contribution in [1.29, 1.82) is 10.8 Å². The van der Waals surface area contributed by atoms with E-state index in [4.69, 9.17) is 22.3 Å². The number of hydrogen-bond acceptors (Lipinski definition) is 4. The standard InChI is InChI=1S/C16H14N6Se/c17-15(18)9-3-1-7-21-13(9)11-5-6-12(23-11)14-10(16(19)20)4-2-8-22-14/h1-8H,(H3,17,18)(H3,19,20). The molecule has 3 aromatic heterocycles. The maximum absolute atomic E-state index is 7.69. The van der Waals surface area contributed by atoms with Crippen LogP contribution in [0.5, 0.6) is 0 Å². The second-order valence-corrected chi connectivity index (χ2v) is 7.06. The fourth-order valence-corrected chi connectivity index (χ4v) is 4.39. The van der Waals surface area contributed by atoms with Gasteiger partial charge in [-0.25, -0.2) is 0 Å². The Morgan fingerprint density at radius 2 is 1.22 bits per heavy atom. The summed E-state index contributed by atoms with van der Waals surface area (Å²) in [6, 6.07) is 11.1. The SMILES string of the molecule is N=C(N)c1cccnc1-c1ccc(-c2ncccc2C(=N)N)[se]1. The Morgan fingerprint density at radius 3 is 1.61 bits per heavy atom. The van der Waals surface area contributed by atoms with Gasteiger partial charge in [0.25, 0.3) is 0 Å². The molecule has 0 spiro atoms. The minimum absolute atomic E-state index is 0.000473. The minimum atomic E-state index is -0.0445. The Bertz CT molecular complexity index is 827. The van der Waals surface area contributed by atoms with Crippen LogP contribution in [0.25, 0.3) is 20.3 Å². The first-order valence-electron chi connectivity index (χ1n) is 6.77. The van der Waals surface area contributed by atoms with Crippen LogP contribution in [0, 0.1) is 10.8 Å². The van der Waals surface area contributed by atoms with Gasteiger partial charge in [0.2, 0.25) is 0 Å². The molecule has 0 unspecified atom stereocenters. The third-order valence-corrected chi connectivity index (χ3v) is 5.57. The molecule has 0 fully saturated rings.